The van der Waals surface area contributed by atoms with Crippen LogP contribution in [0.2, 0.25) is 0 Å². The molecule has 0 rings (SSSR count). The molecule has 0 aromatic rings. The summed E-state index contributed by atoms with van der Waals surface area (Å²) in [7, 11) is 0. The fraction of sp³-hybridized carbons (Fsp3) is 0.615. The number of carbonyl (C=O) groups excluding carboxylic acids is 3. The number of esters is 1. The molecular formula is C13H22N2O5. The Kier molecular flexibility index (Phi) is 8.03. The first kappa shape index (κ1) is 17.9. The molecule has 0 unspecified atom stereocenters. The molecule has 114 valence electrons. The van der Waals surface area contributed by atoms with Gasteiger partial charge in [0.05, 0.1) is 13.2 Å². The van der Waals surface area contributed by atoms with Gasteiger partial charge in [0.2, 0.25) is 5.91 Å². The maximum Gasteiger partial charge on any atom is 0.408 e. The highest BCUT2D eigenvalue weighted by atomic mass is 16.6. The van der Waals surface area contributed by atoms with Crippen LogP contribution in [0.5, 0.6) is 0 Å². The average molecular weight is 286 g/mol. The molecule has 7 heteroatoms. The molecule has 0 saturated heterocycles. The summed E-state index contributed by atoms with van der Waals surface area (Å²) < 4.78 is 9.70. The van der Waals surface area contributed by atoms with Crippen molar-refractivity contribution in [2.45, 2.75) is 32.8 Å². The third kappa shape index (κ3) is 11.1. The molecule has 0 aromatic heterocycles. The third-order valence-corrected chi connectivity index (χ3v) is 1.85. The second kappa shape index (κ2) is 8.95. The average Bonchev–Trinajstić information content (AvgIpc) is 2.33. The van der Waals surface area contributed by atoms with E-state index >= 15 is 0 Å². The monoisotopic (exact) mass is 286 g/mol. The Bertz CT molecular complexity index is 360. The number of nitrogens with one attached hydrogen (secondary N) is 2. The minimum atomic E-state index is -0.646. The number of alkyl carbamates (subject to hydrolysis) is 1. The molecular weight excluding hydrogens is 264 g/mol. The molecule has 7 nitrogen and oxygen atoms in total. The standard InChI is InChI=1S/C13H22N2O5/c1-5-11(17)19-8-6-7-14-10(16)9-15-12(18)20-13(2,3)4/h5H,1,6-9H2,2-4H3,(H,14,16)(H,15,18). The van der Waals surface area contributed by atoms with Crippen molar-refractivity contribution in [3.63, 3.8) is 0 Å². The Labute approximate surface area is 118 Å². The summed E-state index contributed by atoms with van der Waals surface area (Å²) in [5.41, 5.74) is -0.602. The number of amides is 2. The minimum absolute atomic E-state index is 0.165. The minimum Gasteiger partial charge on any atom is -0.462 e. The summed E-state index contributed by atoms with van der Waals surface area (Å²) in [5.74, 6) is -0.839. The van der Waals surface area contributed by atoms with E-state index in [4.69, 9.17) is 9.47 Å². The van der Waals surface area contributed by atoms with Crippen LogP contribution in [0.15, 0.2) is 12.7 Å². The van der Waals surface area contributed by atoms with Gasteiger partial charge in [0.1, 0.15) is 5.60 Å². The largest absolute Gasteiger partial charge is 0.462 e. The van der Waals surface area contributed by atoms with Gasteiger partial charge in [-0.05, 0) is 27.2 Å². The molecule has 0 spiro atoms. The molecule has 20 heavy (non-hydrogen) atoms. The van der Waals surface area contributed by atoms with Gasteiger partial charge < -0.3 is 20.1 Å². The van der Waals surface area contributed by atoms with Crippen LogP contribution >= 0.6 is 0 Å². The second-order valence-corrected chi connectivity index (χ2v) is 4.93. The summed E-state index contributed by atoms with van der Waals surface area (Å²) in [6.45, 7) is 8.84. The van der Waals surface area contributed by atoms with Gasteiger partial charge in [0, 0.05) is 12.6 Å². The number of hydrogen-bond acceptors (Lipinski definition) is 5. The van der Waals surface area contributed by atoms with E-state index in [0.29, 0.717) is 13.0 Å². The number of hydrogen-bond donors (Lipinski definition) is 2. The van der Waals surface area contributed by atoms with Crippen LogP contribution in [-0.4, -0.2) is 43.3 Å². The van der Waals surface area contributed by atoms with E-state index in [-0.39, 0.29) is 19.1 Å². The lowest BCUT2D eigenvalue weighted by Gasteiger charge is -2.19. The van der Waals surface area contributed by atoms with Crippen molar-refractivity contribution in [1.29, 1.82) is 0 Å². The van der Waals surface area contributed by atoms with Crippen LogP contribution < -0.4 is 10.6 Å². The van der Waals surface area contributed by atoms with E-state index in [1.54, 1.807) is 20.8 Å². The Morgan fingerprint density at radius 3 is 2.40 bits per heavy atom. The van der Waals surface area contributed by atoms with Gasteiger partial charge >= 0.3 is 12.1 Å². The van der Waals surface area contributed by atoms with Gasteiger partial charge in [-0.3, -0.25) is 4.79 Å². The van der Waals surface area contributed by atoms with E-state index in [1.165, 1.54) is 0 Å². The van der Waals surface area contributed by atoms with Crippen molar-refractivity contribution in [2.75, 3.05) is 19.7 Å². The maximum absolute atomic E-state index is 11.4. The van der Waals surface area contributed by atoms with Gasteiger partial charge in [-0.15, -0.1) is 0 Å². The van der Waals surface area contributed by atoms with Crippen LogP contribution in [0.1, 0.15) is 27.2 Å². The third-order valence-electron chi connectivity index (χ3n) is 1.85. The van der Waals surface area contributed by atoms with E-state index in [0.717, 1.165) is 6.08 Å². The van der Waals surface area contributed by atoms with Gasteiger partial charge in [0.15, 0.2) is 0 Å². The molecule has 0 aliphatic carbocycles. The van der Waals surface area contributed by atoms with Crippen molar-refractivity contribution in [3.8, 4) is 0 Å². The lowest BCUT2D eigenvalue weighted by atomic mass is 10.2. The summed E-state index contributed by atoms with van der Waals surface area (Å²) in [5, 5.41) is 4.90. The van der Waals surface area contributed by atoms with Crippen molar-refractivity contribution < 1.29 is 23.9 Å². The molecule has 0 aliphatic heterocycles. The van der Waals surface area contributed by atoms with E-state index < -0.39 is 17.7 Å². The quantitative estimate of drug-likeness (QED) is 0.409. The highest BCUT2D eigenvalue weighted by molar-refractivity contribution is 5.82. The number of carbonyl (C=O) groups is 3. The molecule has 2 amide bonds. The van der Waals surface area contributed by atoms with Crippen LogP contribution in [0.3, 0.4) is 0 Å². The summed E-state index contributed by atoms with van der Waals surface area (Å²) in [6.07, 6.45) is 0.911. The van der Waals surface area contributed by atoms with Crippen molar-refractivity contribution in [3.05, 3.63) is 12.7 Å². The summed E-state index contributed by atoms with van der Waals surface area (Å²) in [6, 6.07) is 0. The van der Waals surface area contributed by atoms with E-state index in [2.05, 4.69) is 17.2 Å². The Hall–Kier alpha value is -2.05. The fourth-order valence-corrected chi connectivity index (χ4v) is 1.06. The molecule has 0 bridgehead atoms. The van der Waals surface area contributed by atoms with Gasteiger partial charge in [-0.1, -0.05) is 6.58 Å². The first-order chi connectivity index (χ1) is 9.24. The molecule has 0 atom stereocenters. The Morgan fingerprint density at radius 2 is 1.85 bits per heavy atom. The molecule has 0 radical (unpaired) electrons. The SMILES string of the molecule is C=CC(=O)OCCCNC(=O)CNC(=O)OC(C)(C)C. The smallest absolute Gasteiger partial charge is 0.408 e. The maximum atomic E-state index is 11.4. The molecule has 0 aromatic carbocycles. The molecule has 0 aliphatic rings. The molecule has 0 saturated carbocycles. The van der Waals surface area contributed by atoms with Crippen LogP contribution in [0.4, 0.5) is 4.79 Å². The lowest BCUT2D eigenvalue weighted by molar-refractivity contribution is -0.137. The predicted octanol–water partition coefficient (Wildman–Crippen LogP) is 0.747. The molecule has 0 heterocycles. The fourth-order valence-electron chi connectivity index (χ4n) is 1.06. The van der Waals surface area contributed by atoms with Crippen molar-refractivity contribution >= 4 is 18.0 Å². The highest BCUT2D eigenvalue weighted by Gasteiger charge is 2.16. The van der Waals surface area contributed by atoms with Gasteiger partial charge in [-0.2, -0.15) is 0 Å². The Morgan fingerprint density at radius 1 is 1.20 bits per heavy atom. The zero-order valence-electron chi connectivity index (χ0n) is 12.2. The molecule has 0 fully saturated rings. The normalized spacial score (nSPS) is 10.3. The lowest BCUT2D eigenvalue weighted by Crippen LogP contribution is -2.40. The Balaban J connectivity index is 3.62. The number of ether oxygens (including phenoxy) is 2. The highest BCUT2D eigenvalue weighted by Crippen LogP contribution is 2.05. The second-order valence-electron chi connectivity index (χ2n) is 4.93. The summed E-state index contributed by atoms with van der Waals surface area (Å²) >= 11 is 0. The topological polar surface area (TPSA) is 93.7 Å². The summed E-state index contributed by atoms with van der Waals surface area (Å²) in [4.78, 5) is 33.3. The molecule has 2 N–H and O–H groups in total. The van der Waals surface area contributed by atoms with E-state index in [1.807, 2.05) is 0 Å². The zero-order chi connectivity index (χ0) is 15.6. The van der Waals surface area contributed by atoms with Gasteiger partial charge in [0.25, 0.3) is 0 Å². The van der Waals surface area contributed by atoms with Gasteiger partial charge in [-0.25, -0.2) is 9.59 Å². The van der Waals surface area contributed by atoms with Crippen LogP contribution in [0.25, 0.3) is 0 Å². The first-order valence-corrected chi connectivity index (χ1v) is 6.27. The van der Waals surface area contributed by atoms with Crippen LogP contribution in [-0.2, 0) is 19.1 Å². The zero-order valence-corrected chi connectivity index (χ0v) is 12.2. The first-order valence-electron chi connectivity index (χ1n) is 6.27. The van der Waals surface area contributed by atoms with E-state index in [9.17, 15) is 14.4 Å². The van der Waals surface area contributed by atoms with Crippen LogP contribution in [0, 0.1) is 0 Å². The number of rotatable bonds is 7. The van der Waals surface area contributed by atoms with Crippen molar-refractivity contribution in [2.24, 2.45) is 0 Å². The predicted molar refractivity (Wildman–Crippen MR) is 73.0 cm³/mol. The van der Waals surface area contributed by atoms with Crippen molar-refractivity contribution in [1.82, 2.24) is 10.6 Å².